The fraction of sp³-hybridized carbons (Fsp3) is 0.190. The first-order valence-electron chi connectivity index (χ1n) is 8.73. The Bertz CT molecular complexity index is 939. The van der Waals surface area contributed by atoms with Gasteiger partial charge >= 0.3 is 0 Å². The zero-order chi connectivity index (χ0) is 19.2. The highest BCUT2D eigenvalue weighted by molar-refractivity contribution is 6.03. The molecule has 27 heavy (non-hydrogen) atoms. The first-order chi connectivity index (χ1) is 13.1. The summed E-state index contributed by atoms with van der Waals surface area (Å²) in [5.41, 5.74) is 4.04. The molecule has 0 saturated heterocycles. The van der Waals surface area contributed by atoms with Crippen LogP contribution < -0.4 is 15.4 Å². The molecule has 0 bridgehead atoms. The number of methoxy groups -OCH3 is 1. The van der Waals surface area contributed by atoms with Crippen molar-refractivity contribution in [3.63, 3.8) is 0 Å². The molecular weight excluding hydrogens is 340 g/mol. The molecule has 2 N–H and O–H groups in total. The van der Waals surface area contributed by atoms with E-state index in [0.29, 0.717) is 5.82 Å². The molecule has 3 rings (SSSR count). The van der Waals surface area contributed by atoms with E-state index in [1.54, 1.807) is 7.11 Å². The maximum absolute atomic E-state index is 12.5. The van der Waals surface area contributed by atoms with Crippen LogP contribution in [0.2, 0.25) is 0 Å². The predicted molar refractivity (Wildman–Crippen MR) is 107 cm³/mol. The van der Waals surface area contributed by atoms with E-state index in [1.807, 2.05) is 49.4 Å². The molecule has 6 nitrogen and oxygen atoms in total. The van der Waals surface area contributed by atoms with Gasteiger partial charge in [0.2, 0.25) is 0 Å². The molecule has 0 aliphatic heterocycles. The van der Waals surface area contributed by atoms with Crippen molar-refractivity contribution >= 4 is 23.1 Å². The largest absolute Gasteiger partial charge is 0.497 e. The van der Waals surface area contributed by atoms with E-state index >= 15 is 0 Å². The molecule has 0 unspecified atom stereocenters. The number of aryl methyl sites for hydroxylation is 2. The Kier molecular flexibility index (Phi) is 5.66. The third kappa shape index (κ3) is 4.41. The Labute approximate surface area is 158 Å². The molecule has 3 aromatic rings. The molecule has 0 fully saturated rings. The van der Waals surface area contributed by atoms with Crippen LogP contribution in [0.5, 0.6) is 5.75 Å². The normalized spacial score (nSPS) is 10.3. The first kappa shape index (κ1) is 18.4. The fourth-order valence-electron chi connectivity index (χ4n) is 2.74. The van der Waals surface area contributed by atoms with Crippen LogP contribution >= 0.6 is 0 Å². The highest BCUT2D eigenvalue weighted by Gasteiger charge is 2.12. The first-order valence-corrected chi connectivity index (χ1v) is 8.73. The molecule has 1 amide bonds. The van der Waals surface area contributed by atoms with Gasteiger partial charge in [0.05, 0.1) is 19.5 Å². The van der Waals surface area contributed by atoms with Gasteiger partial charge in [-0.05, 0) is 36.6 Å². The second-order valence-electron chi connectivity index (χ2n) is 6.06. The van der Waals surface area contributed by atoms with Gasteiger partial charge in [-0.2, -0.15) is 0 Å². The summed E-state index contributed by atoms with van der Waals surface area (Å²) in [5.74, 6) is 1.01. The van der Waals surface area contributed by atoms with Gasteiger partial charge in [0.1, 0.15) is 17.3 Å². The molecule has 1 heterocycles. The number of para-hydroxylation sites is 1. The van der Waals surface area contributed by atoms with E-state index in [0.717, 1.165) is 34.7 Å². The monoisotopic (exact) mass is 362 g/mol. The molecule has 6 heteroatoms. The Morgan fingerprint density at radius 1 is 1.11 bits per heavy atom. The highest BCUT2D eigenvalue weighted by Crippen LogP contribution is 2.22. The predicted octanol–water partition coefficient (Wildman–Crippen LogP) is 4.35. The van der Waals surface area contributed by atoms with Gasteiger partial charge < -0.3 is 15.4 Å². The van der Waals surface area contributed by atoms with Crippen LogP contribution in [0, 0.1) is 6.92 Å². The van der Waals surface area contributed by atoms with Crippen LogP contribution in [0.25, 0.3) is 0 Å². The van der Waals surface area contributed by atoms with Crippen molar-refractivity contribution in [1.29, 1.82) is 0 Å². The topological polar surface area (TPSA) is 76.1 Å². The lowest BCUT2D eigenvalue weighted by atomic mass is 10.1. The van der Waals surface area contributed by atoms with E-state index in [2.05, 4.69) is 27.5 Å². The number of anilines is 3. The second-order valence-corrected chi connectivity index (χ2v) is 6.06. The third-order valence-corrected chi connectivity index (χ3v) is 4.21. The minimum atomic E-state index is -0.278. The zero-order valence-electron chi connectivity index (χ0n) is 15.6. The lowest BCUT2D eigenvalue weighted by Gasteiger charge is -2.12. The lowest BCUT2D eigenvalue weighted by molar-refractivity contribution is 0.102. The Morgan fingerprint density at radius 3 is 2.63 bits per heavy atom. The van der Waals surface area contributed by atoms with Gasteiger partial charge in [-0.25, -0.2) is 9.97 Å². The Hall–Kier alpha value is -3.41. The minimum Gasteiger partial charge on any atom is -0.497 e. The number of aromatic nitrogens is 2. The van der Waals surface area contributed by atoms with Crippen molar-refractivity contribution in [2.45, 2.75) is 20.3 Å². The van der Waals surface area contributed by atoms with E-state index in [4.69, 9.17) is 4.74 Å². The molecule has 1 aromatic heterocycles. The standard InChI is InChI=1S/C21H22N4O2/c1-4-15-8-5-7-14(2)20(15)25-21(26)18-12-23-19(13-22-18)24-16-9-6-10-17(11-16)27-3/h5-13H,4H2,1-3H3,(H,23,24)(H,25,26). The van der Waals surface area contributed by atoms with E-state index in [1.165, 1.54) is 12.4 Å². The van der Waals surface area contributed by atoms with Crippen LogP contribution in [0.15, 0.2) is 54.9 Å². The summed E-state index contributed by atoms with van der Waals surface area (Å²) in [7, 11) is 1.62. The Balaban J connectivity index is 1.72. The Morgan fingerprint density at radius 2 is 1.93 bits per heavy atom. The molecule has 0 saturated carbocycles. The average molecular weight is 362 g/mol. The molecule has 138 valence electrons. The van der Waals surface area contributed by atoms with Gasteiger partial charge in [0.15, 0.2) is 0 Å². The summed E-state index contributed by atoms with van der Waals surface area (Å²) in [6, 6.07) is 13.5. The molecule has 0 atom stereocenters. The van der Waals surface area contributed by atoms with Crippen molar-refractivity contribution in [3.05, 3.63) is 71.7 Å². The lowest BCUT2D eigenvalue weighted by Crippen LogP contribution is -2.16. The van der Waals surface area contributed by atoms with Crippen molar-refractivity contribution < 1.29 is 9.53 Å². The summed E-state index contributed by atoms with van der Waals surface area (Å²) in [4.78, 5) is 21.0. The van der Waals surface area contributed by atoms with Gasteiger partial charge in [-0.3, -0.25) is 4.79 Å². The molecular formula is C21H22N4O2. The van der Waals surface area contributed by atoms with Crippen molar-refractivity contribution in [2.24, 2.45) is 0 Å². The van der Waals surface area contributed by atoms with Crippen LogP contribution in [-0.2, 0) is 6.42 Å². The van der Waals surface area contributed by atoms with Crippen LogP contribution in [0.1, 0.15) is 28.5 Å². The van der Waals surface area contributed by atoms with Crippen LogP contribution in [-0.4, -0.2) is 23.0 Å². The summed E-state index contributed by atoms with van der Waals surface area (Å²) < 4.78 is 5.20. The quantitative estimate of drug-likeness (QED) is 0.682. The molecule has 0 radical (unpaired) electrons. The van der Waals surface area contributed by atoms with Crippen molar-refractivity contribution in [1.82, 2.24) is 9.97 Å². The molecule has 0 aliphatic carbocycles. The third-order valence-electron chi connectivity index (χ3n) is 4.21. The number of rotatable bonds is 6. The van der Waals surface area contributed by atoms with E-state index in [9.17, 15) is 4.79 Å². The summed E-state index contributed by atoms with van der Waals surface area (Å²) in [5, 5.41) is 6.09. The maximum atomic E-state index is 12.5. The number of ether oxygens (including phenoxy) is 1. The number of carbonyl (C=O) groups is 1. The van der Waals surface area contributed by atoms with Crippen LogP contribution in [0.3, 0.4) is 0 Å². The number of nitrogens with one attached hydrogen (secondary N) is 2. The zero-order valence-corrected chi connectivity index (χ0v) is 15.6. The molecule has 0 aliphatic rings. The molecule has 2 aromatic carbocycles. The van der Waals surface area contributed by atoms with Crippen molar-refractivity contribution in [3.8, 4) is 5.75 Å². The number of hydrogen-bond donors (Lipinski definition) is 2. The van der Waals surface area contributed by atoms with Gasteiger partial charge in [-0.1, -0.05) is 31.2 Å². The number of hydrogen-bond acceptors (Lipinski definition) is 5. The molecule has 0 spiro atoms. The van der Waals surface area contributed by atoms with Crippen LogP contribution in [0.4, 0.5) is 17.2 Å². The van der Waals surface area contributed by atoms with E-state index < -0.39 is 0 Å². The average Bonchev–Trinajstić information content (AvgIpc) is 2.70. The minimum absolute atomic E-state index is 0.261. The maximum Gasteiger partial charge on any atom is 0.275 e. The summed E-state index contributed by atoms with van der Waals surface area (Å²) >= 11 is 0. The SMILES string of the molecule is CCc1cccc(C)c1NC(=O)c1cnc(Nc2cccc(OC)c2)cn1. The van der Waals surface area contributed by atoms with Crippen molar-refractivity contribution in [2.75, 3.05) is 17.7 Å². The highest BCUT2D eigenvalue weighted by atomic mass is 16.5. The summed E-state index contributed by atoms with van der Waals surface area (Å²) in [6.07, 6.45) is 3.83. The van der Waals surface area contributed by atoms with Gasteiger partial charge in [0, 0.05) is 17.4 Å². The van der Waals surface area contributed by atoms with Gasteiger partial charge in [-0.15, -0.1) is 0 Å². The smallest absolute Gasteiger partial charge is 0.275 e. The van der Waals surface area contributed by atoms with Gasteiger partial charge in [0.25, 0.3) is 5.91 Å². The number of amides is 1. The number of benzene rings is 2. The number of nitrogens with zero attached hydrogens (tertiary/aromatic N) is 2. The fourth-order valence-corrected chi connectivity index (χ4v) is 2.74. The number of carbonyl (C=O) groups excluding carboxylic acids is 1. The summed E-state index contributed by atoms with van der Waals surface area (Å²) in [6.45, 7) is 4.03. The second kappa shape index (κ2) is 8.31. The van der Waals surface area contributed by atoms with E-state index in [-0.39, 0.29) is 11.6 Å².